The Morgan fingerprint density at radius 1 is 1.35 bits per heavy atom. The van der Waals surface area contributed by atoms with E-state index >= 15 is 0 Å². The first-order valence-electron chi connectivity index (χ1n) is 5.39. The Labute approximate surface area is 96.7 Å². The SMILES string of the molecule is CC#CC(=O)N[C@@H]1[C@@H](C(F)(F)F)[C@@H]2CC[C@H]1O2. The summed E-state index contributed by atoms with van der Waals surface area (Å²) in [6.07, 6.45) is -4.74. The van der Waals surface area contributed by atoms with Crippen LogP contribution in [0.5, 0.6) is 0 Å². The largest absolute Gasteiger partial charge is 0.396 e. The van der Waals surface area contributed by atoms with Crippen LogP contribution >= 0.6 is 0 Å². The second-order valence-corrected chi connectivity index (χ2v) is 4.23. The molecule has 0 aromatic rings. The number of alkyl halides is 3. The summed E-state index contributed by atoms with van der Waals surface area (Å²) >= 11 is 0. The van der Waals surface area contributed by atoms with Crippen molar-refractivity contribution in [3.63, 3.8) is 0 Å². The number of hydrogen-bond acceptors (Lipinski definition) is 2. The molecule has 0 saturated carbocycles. The predicted octanol–water partition coefficient (Wildman–Crippen LogP) is 1.23. The molecule has 2 saturated heterocycles. The highest BCUT2D eigenvalue weighted by Gasteiger charge is 2.60. The van der Waals surface area contributed by atoms with Gasteiger partial charge >= 0.3 is 6.18 Å². The van der Waals surface area contributed by atoms with Crippen LogP contribution in [0.1, 0.15) is 19.8 Å². The van der Waals surface area contributed by atoms with Crippen LogP contribution in [0.2, 0.25) is 0 Å². The number of fused-ring (bicyclic) bond motifs is 2. The molecule has 6 heteroatoms. The lowest BCUT2D eigenvalue weighted by atomic mass is 9.84. The van der Waals surface area contributed by atoms with Crippen LogP contribution in [-0.4, -0.2) is 30.3 Å². The maximum atomic E-state index is 12.8. The highest BCUT2D eigenvalue weighted by Crippen LogP contribution is 2.46. The Hall–Kier alpha value is -1.22. The normalized spacial score (nSPS) is 35.3. The molecule has 0 aromatic carbocycles. The second-order valence-electron chi connectivity index (χ2n) is 4.23. The van der Waals surface area contributed by atoms with E-state index in [1.165, 1.54) is 6.92 Å². The molecular formula is C11H12F3NO2. The molecule has 1 amide bonds. The maximum Gasteiger partial charge on any atom is 0.396 e. The molecule has 94 valence electrons. The van der Waals surface area contributed by atoms with Crippen molar-refractivity contribution >= 4 is 5.91 Å². The Balaban J connectivity index is 2.13. The lowest BCUT2D eigenvalue weighted by Gasteiger charge is -2.29. The molecule has 2 fully saturated rings. The first-order chi connectivity index (χ1) is 7.93. The Morgan fingerprint density at radius 2 is 2.00 bits per heavy atom. The van der Waals surface area contributed by atoms with Gasteiger partial charge in [-0.15, -0.1) is 0 Å². The number of ether oxygens (including phenoxy) is 1. The molecule has 2 heterocycles. The van der Waals surface area contributed by atoms with E-state index in [1.807, 2.05) is 0 Å². The minimum absolute atomic E-state index is 0.403. The number of nitrogens with one attached hydrogen (secondary N) is 1. The second kappa shape index (κ2) is 4.22. The van der Waals surface area contributed by atoms with Crippen molar-refractivity contribution < 1.29 is 22.7 Å². The third kappa shape index (κ3) is 2.25. The molecule has 1 N–H and O–H groups in total. The summed E-state index contributed by atoms with van der Waals surface area (Å²) in [5.74, 6) is 2.25. The Morgan fingerprint density at radius 3 is 2.59 bits per heavy atom. The molecule has 2 bridgehead atoms. The van der Waals surface area contributed by atoms with Crippen LogP contribution in [0.25, 0.3) is 0 Å². The highest BCUT2D eigenvalue weighted by atomic mass is 19.4. The minimum atomic E-state index is -4.35. The van der Waals surface area contributed by atoms with Crippen LogP contribution < -0.4 is 5.32 Å². The molecule has 3 nitrogen and oxygen atoms in total. The van der Waals surface area contributed by atoms with Gasteiger partial charge in [0.15, 0.2) is 0 Å². The highest BCUT2D eigenvalue weighted by molar-refractivity contribution is 5.93. The molecule has 2 aliphatic heterocycles. The van der Waals surface area contributed by atoms with Crippen molar-refractivity contribution in [2.75, 3.05) is 0 Å². The lowest BCUT2D eigenvalue weighted by molar-refractivity contribution is -0.190. The van der Waals surface area contributed by atoms with Gasteiger partial charge in [0.25, 0.3) is 5.91 Å². The third-order valence-corrected chi connectivity index (χ3v) is 3.19. The maximum absolute atomic E-state index is 12.8. The number of amides is 1. The van der Waals surface area contributed by atoms with Crippen molar-refractivity contribution in [3.05, 3.63) is 0 Å². The first kappa shape index (κ1) is 12.2. The van der Waals surface area contributed by atoms with E-state index in [9.17, 15) is 18.0 Å². The lowest BCUT2D eigenvalue weighted by Crippen LogP contribution is -2.51. The van der Waals surface area contributed by atoms with E-state index in [4.69, 9.17) is 4.74 Å². The van der Waals surface area contributed by atoms with Gasteiger partial charge in [-0.05, 0) is 25.7 Å². The average molecular weight is 247 g/mol. The van der Waals surface area contributed by atoms with Crippen LogP contribution in [0.3, 0.4) is 0 Å². The fourth-order valence-electron chi connectivity index (χ4n) is 2.58. The van der Waals surface area contributed by atoms with Gasteiger partial charge in [-0.1, -0.05) is 5.92 Å². The number of hydrogen-bond donors (Lipinski definition) is 1. The quantitative estimate of drug-likeness (QED) is 0.708. The molecule has 4 atom stereocenters. The summed E-state index contributed by atoms with van der Waals surface area (Å²) in [5, 5.41) is 2.31. The van der Waals surface area contributed by atoms with Crippen molar-refractivity contribution in [1.29, 1.82) is 0 Å². The third-order valence-electron chi connectivity index (χ3n) is 3.19. The van der Waals surface area contributed by atoms with Gasteiger partial charge in [-0.25, -0.2) is 0 Å². The molecule has 0 aliphatic carbocycles. The topological polar surface area (TPSA) is 38.3 Å². The predicted molar refractivity (Wildman–Crippen MR) is 52.8 cm³/mol. The molecule has 0 aromatic heterocycles. The number of carbonyl (C=O) groups excluding carboxylic acids is 1. The van der Waals surface area contributed by atoms with Crippen LogP contribution in [0.15, 0.2) is 0 Å². The Bertz CT molecular complexity index is 382. The van der Waals surface area contributed by atoms with E-state index in [-0.39, 0.29) is 0 Å². The molecule has 0 unspecified atom stereocenters. The molecule has 2 rings (SSSR count). The van der Waals surface area contributed by atoms with Crippen LogP contribution in [0.4, 0.5) is 13.2 Å². The zero-order chi connectivity index (χ0) is 12.6. The molecule has 17 heavy (non-hydrogen) atoms. The van der Waals surface area contributed by atoms with Gasteiger partial charge in [-0.3, -0.25) is 4.79 Å². The summed E-state index contributed by atoms with van der Waals surface area (Å²) in [6, 6.07) is -0.998. The number of carbonyl (C=O) groups is 1. The van der Waals surface area contributed by atoms with Gasteiger partial charge in [0.1, 0.15) is 5.92 Å². The molecule has 2 aliphatic rings. The number of rotatable bonds is 1. The average Bonchev–Trinajstić information content (AvgIpc) is 2.75. The van der Waals surface area contributed by atoms with Gasteiger partial charge < -0.3 is 10.1 Å². The van der Waals surface area contributed by atoms with Crippen molar-refractivity contribution in [3.8, 4) is 11.8 Å². The standard InChI is InChI=1S/C11H12F3NO2/c1-2-3-8(16)15-10-7-5-4-6(17-7)9(10)11(12,13)14/h6-7,9-10H,4-5H2,1H3,(H,15,16)/t6-,7+,9-,10-/m0/s1. The molecule has 0 radical (unpaired) electrons. The first-order valence-corrected chi connectivity index (χ1v) is 5.39. The zero-order valence-corrected chi connectivity index (χ0v) is 9.17. The summed E-state index contributed by atoms with van der Waals surface area (Å²) in [5.41, 5.74) is 0. The Kier molecular flexibility index (Phi) is 3.04. The summed E-state index contributed by atoms with van der Waals surface area (Å²) in [6.45, 7) is 1.46. The smallest absolute Gasteiger partial charge is 0.372 e. The number of halogens is 3. The fraction of sp³-hybridized carbons (Fsp3) is 0.727. The van der Waals surface area contributed by atoms with E-state index < -0.39 is 36.3 Å². The monoisotopic (exact) mass is 247 g/mol. The fourth-order valence-corrected chi connectivity index (χ4v) is 2.58. The van der Waals surface area contributed by atoms with Crippen molar-refractivity contribution in [2.45, 2.75) is 44.2 Å². The van der Waals surface area contributed by atoms with E-state index in [0.717, 1.165) is 0 Å². The van der Waals surface area contributed by atoms with Gasteiger partial charge in [-0.2, -0.15) is 13.2 Å². The zero-order valence-electron chi connectivity index (χ0n) is 9.17. The van der Waals surface area contributed by atoms with E-state index in [0.29, 0.717) is 12.8 Å². The molecular weight excluding hydrogens is 235 g/mol. The minimum Gasteiger partial charge on any atom is -0.372 e. The van der Waals surface area contributed by atoms with Gasteiger partial charge in [0.2, 0.25) is 0 Å². The summed E-state index contributed by atoms with van der Waals surface area (Å²) in [7, 11) is 0. The van der Waals surface area contributed by atoms with Crippen molar-refractivity contribution in [2.24, 2.45) is 5.92 Å². The van der Waals surface area contributed by atoms with Crippen LogP contribution in [0, 0.1) is 17.8 Å². The summed E-state index contributed by atoms with van der Waals surface area (Å²) < 4.78 is 43.7. The van der Waals surface area contributed by atoms with Crippen molar-refractivity contribution in [1.82, 2.24) is 5.32 Å². The summed E-state index contributed by atoms with van der Waals surface area (Å²) in [4.78, 5) is 11.2. The molecule has 0 spiro atoms. The van der Waals surface area contributed by atoms with Gasteiger partial charge in [0.05, 0.1) is 18.2 Å². The van der Waals surface area contributed by atoms with E-state index in [1.54, 1.807) is 0 Å². The van der Waals surface area contributed by atoms with E-state index in [2.05, 4.69) is 17.2 Å². The van der Waals surface area contributed by atoms with Crippen LogP contribution in [-0.2, 0) is 9.53 Å². The van der Waals surface area contributed by atoms with Gasteiger partial charge in [0, 0.05) is 0 Å².